The number of benzene rings is 2. The van der Waals surface area contributed by atoms with Crippen molar-refractivity contribution in [2.45, 2.75) is 18.8 Å². The Bertz CT molecular complexity index is 893. The Balaban J connectivity index is 1.62. The highest BCUT2D eigenvalue weighted by molar-refractivity contribution is 6.30. The van der Waals surface area contributed by atoms with Crippen LogP contribution in [0.4, 0.5) is 0 Å². The van der Waals surface area contributed by atoms with Gasteiger partial charge in [0.05, 0.1) is 13.0 Å². The summed E-state index contributed by atoms with van der Waals surface area (Å²) in [7, 11) is 1.64. The fourth-order valence-electron chi connectivity index (χ4n) is 4.38. The molecule has 2 unspecified atom stereocenters. The largest absolute Gasteiger partial charge is 0.497 e. The molecule has 2 heterocycles. The van der Waals surface area contributed by atoms with Gasteiger partial charge >= 0.3 is 0 Å². The Morgan fingerprint density at radius 2 is 1.72 bits per heavy atom. The van der Waals surface area contributed by atoms with Gasteiger partial charge in [0.2, 0.25) is 5.91 Å². The smallest absolute Gasteiger partial charge is 0.253 e. The first-order valence-corrected chi connectivity index (χ1v) is 10.4. The minimum Gasteiger partial charge on any atom is -0.497 e. The number of hydrogen-bond acceptors (Lipinski definition) is 3. The van der Waals surface area contributed by atoms with Crippen molar-refractivity contribution in [1.82, 2.24) is 9.80 Å². The van der Waals surface area contributed by atoms with Crippen molar-refractivity contribution in [2.75, 3.05) is 33.3 Å². The van der Waals surface area contributed by atoms with E-state index in [2.05, 4.69) is 0 Å². The summed E-state index contributed by atoms with van der Waals surface area (Å²) in [4.78, 5) is 30.1. The molecule has 0 aliphatic carbocycles. The van der Waals surface area contributed by atoms with Crippen LogP contribution in [-0.4, -0.2) is 54.9 Å². The highest BCUT2D eigenvalue weighted by Gasteiger charge is 2.42. The van der Waals surface area contributed by atoms with Crippen molar-refractivity contribution in [1.29, 1.82) is 0 Å². The van der Waals surface area contributed by atoms with Gasteiger partial charge in [0.15, 0.2) is 0 Å². The number of likely N-dealkylation sites (tertiary alicyclic amines) is 2. The van der Waals surface area contributed by atoms with E-state index >= 15 is 0 Å². The van der Waals surface area contributed by atoms with Gasteiger partial charge in [-0.2, -0.15) is 0 Å². The molecule has 5 nitrogen and oxygen atoms in total. The first-order valence-electron chi connectivity index (χ1n) is 10.0. The lowest BCUT2D eigenvalue weighted by molar-refractivity contribution is -0.134. The number of methoxy groups -OCH3 is 1. The topological polar surface area (TPSA) is 49.9 Å². The third-order valence-electron chi connectivity index (χ3n) is 5.96. The van der Waals surface area contributed by atoms with Crippen LogP contribution in [0.15, 0.2) is 48.5 Å². The van der Waals surface area contributed by atoms with E-state index in [-0.39, 0.29) is 23.7 Å². The van der Waals surface area contributed by atoms with Crippen LogP contribution in [0.1, 0.15) is 34.7 Å². The van der Waals surface area contributed by atoms with Crippen molar-refractivity contribution in [2.24, 2.45) is 5.92 Å². The lowest BCUT2D eigenvalue weighted by atomic mass is 9.88. The second-order valence-corrected chi connectivity index (χ2v) is 8.18. The van der Waals surface area contributed by atoms with Crippen LogP contribution in [-0.2, 0) is 4.79 Å². The minimum atomic E-state index is -0.239. The molecule has 0 aromatic heterocycles. The van der Waals surface area contributed by atoms with Crippen molar-refractivity contribution in [3.05, 3.63) is 64.7 Å². The summed E-state index contributed by atoms with van der Waals surface area (Å²) in [6.07, 6.45) is 2.10. The van der Waals surface area contributed by atoms with E-state index in [4.69, 9.17) is 16.3 Å². The molecule has 2 amide bonds. The number of carbonyl (C=O) groups is 2. The van der Waals surface area contributed by atoms with Gasteiger partial charge in [-0.3, -0.25) is 9.59 Å². The molecule has 0 saturated carbocycles. The molecule has 6 heteroatoms. The molecule has 2 fully saturated rings. The number of halogens is 1. The number of carbonyl (C=O) groups excluding carboxylic acids is 2. The van der Waals surface area contributed by atoms with E-state index in [1.165, 1.54) is 0 Å². The number of hydrogen-bond donors (Lipinski definition) is 0. The maximum absolute atomic E-state index is 13.3. The molecule has 0 bridgehead atoms. The SMILES string of the molecule is COc1cccc(C2CN(C(=O)c3ccc(Cl)cc3)CC2C(=O)N2CCCC2)c1. The van der Waals surface area contributed by atoms with Crippen LogP contribution in [0.25, 0.3) is 0 Å². The van der Waals surface area contributed by atoms with Crippen molar-refractivity contribution < 1.29 is 14.3 Å². The lowest BCUT2D eigenvalue weighted by Gasteiger charge is -2.24. The third kappa shape index (κ3) is 4.10. The monoisotopic (exact) mass is 412 g/mol. The first kappa shape index (κ1) is 19.8. The van der Waals surface area contributed by atoms with Gasteiger partial charge in [-0.15, -0.1) is 0 Å². The summed E-state index contributed by atoms with van der Waals surface area (Å²) in [5.41, 5.74) is 1.63. The Kier molecular flexibility index (Phi) is 5.76. The van der Waals surface area contributed by atoms with Gasteiger partial charge in [0.25, 0.3) is 5.91 Å². The molecule has 2 saturated heterocycles. The summed E-state index contributed by atoms with van der Waals surface area (Å²) in [5.74, 6) is 0.566. The zero-order valence-corrected chi connectivity index (χ0v) is 17.3. The van der Waals surface area contributed by atoms with Crippen LogP contribution in [0.3, 0.4) is 0 Å². The van der Waals surface area contributed by atoms with Gasteiger partial charge in [-0.1, -0.05) is 23.7 Å². The van der Waals surface area contributed by atoms with E-state index in [0.717, 1.165) is 37.2 Å². The number of amides is 2. The number of rotatable bonds is 4. The average Bonchev–Trinajstić information content (AvgIpc) is 3.44. The molecule has 0 N–H and O–H groups in total. The summed E-state index contributed by atoms with van der Waals surface area (Å²) in [6.45, 7) is 2.56. The second-order valence-electron chi connectivity index (χ2n) is 7.74. The normalized spacial score (nSPS) is 21.4. The zero-order chi connectivity index (χ0) is 20.4. The molecule has 29 heavy (non-hydrogen) atoms. The van der Waals surface area contributed by atoms with E-state index in [0.29, 0.717) is 23.7 Å². The molecule has 4 rings (SSSR count). The van der Waals surface area contributed by atoms with Gasteiger partial charge in [0.1, 0.15) is 5.75 Å². The first-order chi connectivity index (χ1) is 14.1. The highest BCUT2D eigenvalue weighted by Crippen LogP contribution is 2.36. The highest BCUT2D eigenvalue weighted by atomic mass is 35.5. The van der Waals surface area contributed by atoms with Gasteiger partial charge in [0, 0.05) is 42.7 Å². The molecule has 152 valence electrons. The third-order valence-corrected chi connectivity index (χ3v) is 6.21. The Morgan fingerprint density at radius 1 is 1.00 bits per heavy atom. The van der Waals surface area contributed by atoms with Crippen LogP contribution in [0.5, 0.6) is 5.75 Å². The van der Waals surface area contributed by atoms with Gasteiger partial charge < -0.3 is 14.5 Å². The molecule has 2 aliphatic rings. The van der Waals surface area contributed by atoms with E-state index < -0.39 is 0 Å². The average molecular weight is 413 g/mol. The van der Waals surface area contributed by atoms with Crippen LogP contribution >= 0.6 is 11.6 Å². The predicted octanol–water partition coefficient (Wildman–Crippen LogP) is 3.83. The molecule has 2 aromatic carbocycles. The predicted molar refractivity (Wildman–Crippen MR) is 112 cm³/mol. The second kappa shape index (κ2) is 8.46. The molecular weight excluding hydrogens is 388 g/mol. The maximum Gasteiger partial charge on any atom is 0.253 e. The lowest BCUT2D eigenvalue weighted by Crippen LogP contribution is -2.37. The van der Waals surface area contributed by atoms with E-state index in [1.54, 1.807) is 36.3 Å². The number of nitrogens with zero attached hydrogens (tertiary/aromatic N) is 2. The quantitative estimate of drug-likeness (QED) is 0.766. The molecule has 0 spiro atoms. The summed E-state index contributed by atoms with van der Waals surface area (Å²) in [6, 6.07) is 14.7. The molecule has 2 aliphatic heterocycles. The zero-order valence-electron chi connectivity index (χ0n) is 16.5. The van der Waals surface area contributed by atoms with Crippen LogP contribution < -0.4 is 4.74 Å². The maximum atomic E-state index is 13.3. The van der Waals surface area contributed by atoms with Gasteiger partial charge in [-0.05, 0) is 54.8 Å². The Hall–Kier alpha value is -2.53. The molecule has 2 aromatic rings. The standard InChI is InChI=1S/C23H25ClN2O3/c1-29-19-6-4-5-17(13-19)20-14-26(22(27)16-7-9-18(24)10-8-16)15-21(20)23(28)25-11-2-3-12-25/h4-10,13,20-21H,2-3,11-12,14-15H2,1H3. The van der Waals surface area contributed by atoms with Crippen LogP contribution in [0.2, 0.25) is 5.02 Å². The van der Waals surface area contributed by atoms with Crippen LogP contribution in [0, 0.1) is 5.92 Å². The Labute approximate surface area is 176 Å². The Morgan fingerprint density at radius 3 is 2.41 bits per heavy atom. The van der Waals surface area contributed by atoms with Gasteiger partial charge in [-0.25, -0.2) is 0 Å². The minimum absolute atomic E-state index is 0.0468. The summed E-state index contributed by atoms with van der Waals surface area (Å²) >= 11 is 5.96. The molecule has 0 radical (unpaired) electrons. The summed E-state index contributed by atoms with van der Waals surface area (Å²) in [5, 5.41) is 0.597. The number of ether oxygens (including phenoxy) is 1. The fourth-order valence-corrected chi connectivity index (χ4v) is 4.50. The molecular formula is C23H25ClN2O3. The van der Waals surface area contributed by atoms with Crippen molar-refractivity contribution >= 4 is 23.4 Å². The molecule has 2 atom stereocenters. The fraction of sp³-hybridized carbons (Fsp3) is 0.391. The van der Waals surface area contributed by atoms with Crippen molar-refractivity contribution in [3.8, 4) is 5.75 Å². The van der Waals surface area contributed by atoms with Crippen molar-refractivity contribution in [3.63, 3.8) is 0 Å². The van der Waals surface area contributed by atoms with E-state index in [1.807, 2.05) is 29.2 Å². The summed E-state index contributed by atoms with van der Waals surface area (Å²) < 4.78 is 5.38. The van der Waals surface area contributed by atoms with E-state index in [9.17, 15) is 9.59 Å².